The van der Waals surface area contributed by atoms with Gasteiger partial charge in [0.25, 0.3) is 0 Å². The van der Waals surface area contributed by atoms with Crippen LogP contribution >= 0.6 is 0 Å². The van der Waals surface area contributed by atoms with Crippen molar-refractivity contribution in [2.24, 2.45) is 0 Å². The van der Waals surface area contributed by atoms with Gasteiger partial charge in [-0.15, -0.1) is 0 Å². The number of nitrogens with zero attached hydrogens (tertiary/aromatic N) is 1. The van der Waals surface area contributed by atoms with Gasteiger partial charge in [0.1, 0.15) is 0 Å². The molecule has 0 fully saturated rings. The number of fused-ring (bicyclic) bond motifs is 2. The lowest BCUT2D eigenvalue weighted by Gasteiger charge is -2.24. The normalized spacial score (nSPS) is 12.4. The van der Waals surface area contributed by atoms with Crippen molar-refractivity contribution in [1.29, 1.82) is 0 Å². The van der Waals surface area contributed by atoms with Gasteiger partial charge < -0.3 is 0 Å². The number of ketones is 2. The number of hydrogen-bond acceptors (Lipinski definition) is 4. The minimum Gasteiger partial charge on any atom is -0.289 e. The number of imide groups is 1. The van der Waals surface area contributed by atoms with Crippen LogP contribution < -0.4 is 4.90 Å². The van der Waals surface area contributed by atoms with Gasteiger partial charge in [-0.1, -0.05) is 36.4 Å². The highest BCUT2D eigenvalue weighted by Gasteiger charge is 2.34. The van der Waals surface area contributed by atoms with Crippen molar-refractivity contribution in [3.63, 3.8) is 0 Å². The maximum atomic E-state index is 12.8. The molecule has 0 saturated heterocycles. The van der Waals surface area contributed by atoms with Crippen LogP contribution in [0.5, 0.6) is 0 Å². The van der Waals surface area contributed by atoms with Crippen molar-refractivity contribution in [3.05, 3.63) is 64.7 Å². The molecule has 2 amide bonds. The van der Waals surface area contributed by atoms with E-state index < -0.39 is 11.8 Å². The number of carbonyl (C=O) groups is 4. The van der Waals surface area contributed by atoms with E-state index in [4.69, 9.17) is 0 Å². The average Bonchev–Trinajstić information content (AvgIpc) is 2.52. The Bertz CT molecular complexity index is 868. The Balaban J connectivity index is 2.30. The minimum atomic E-state index is -0.509. The van der Waals surface area contributed by atoms with Crippen molar-refractivity contribution in [3.8, 4) is 0 Å². The number of amides is 2. The SMILES string of the molecule is CC(=O)N(C(C)=O)c1cccc2c1C(=O)c1ccccc1C2=O. The van der Waals surface area contributed by atoms with Gasteiger partial charge in [-0.25, -0.2) is 0 Å². The van der Waals surface area contributed by atoms with Crippen molar-refractivity contribution in [2.75, 3.05) is 4.90 Å². The Labute approximate surface area is 132 Å². The summed E-state index contributed by atoms with van der Waals surface area (Å²) in [5, 5.41) is 0. The van der Waals surface area contributed by atoms with E-state index in [1.807, 2.05) is 0 Å². The smallest absolute Gasteiger partial charge is 0.230 e. The van der Waals surface area contributed by atoms with Crippen LogP contribution in [0.25, 0.3) is 0 Å². The Morgan fingerprint density at radius 1 is 0.739 bits per heavy atom. The first-order valence-electron chi connectivity index (χ1n) is 7.06. The van der Waals surface area contributed by atoms with Gasteiger partial charge in [0.15, 0.2) is 11.6 Å². The maximum Gasteiger partial charge on any atom is 0.230 e. The average molecular weight is 307 g/mol. The second-order valence-corrected chi connectivity index (χ2v) is 5.28. The molecule has 2 aromatic rings. The number of hydrogen-bond donors (Lipinski definition) is 0. The quantitative estimate of drug-likeness (QED) is 0.692. The van der Waals surface area contributed by atoms with Gasteiger partial charge in [-0.2, -0.15) is 0 Å². The predicted octanol–water partition coefficient (Wildman–Crippen LogP) is 2.36. The van der Waals surface area contributed by atoms with Crippen molar-refractivity contribution < 1.29 is 19.2 Å². The molecule has 0 spiro atoms. The van der Waals surface area contributed by atoms with Crippen LogP contribution in [0.3, 0.4) is 0 Å². The summed E-state index contributed by atoms with van der Waals surface area (Å²) in [4.78, 5) is 50.0. The maximum absolute atomic E-state index is 12.8. The standard InChI is InChI=1S/C18H13NO4/c1-10(20)19(11(2)21)15-9-5-8-14-16(15)18(23)13-7-4-3-6-12(13)17(14)22/h3-9H,1-2H3. The topological polar surface area (TPSA) is 71.5 Å². The summed E-state index contributed by atoms with van der Waals surface area (Å²) in [7, 11) is 0. The first kappa shape index (κ1) is 14.8. The van der Waals surface area contributed by atoms with E-state index in [1.54, 1.807) is 30.3 Å². The van der Waals surface area contributed by atoms with Gasteiger partial charge in [-0.05, 0) is 6.07 Å². The fourth-order valence-electron chi connectivity index (χ4n) is 2.87. The van der Waals surface area contributed by atoms with E-state index in [1.165, 1.54) is 26.0 Å². The first-order chi connectivity index (χ1) is 10.9. The summed E-state index contributed by atoms with van der Waals surface area (Å²) < 4.78 is 0. The summed E-state index contributed by atoms with van der Waals surface area (Å²) in [6, 6.07) is 11.1. The molecule has 0 N–H and O–H groups in total. The molecule has 0 bridgehead atoms. The Kier molecular flexibility index (Phi) is 3.41. The Morgan fingerprint density at radius 2 is 1.26 bits per heavy atom. The second-order valence-electron chi connectivity index (χ2n) is 5.28. The number of rotatable bonds is 1. The van der Waals surface area contributed by atoms with Crippen LogP contribution in [0.15, 0.2) is 42.5 Å². The monoisotopic (exact) mass is 307 g/mol. The van der Waals surface area contributed by atoms with E-state index in [-0.39, 0.29) is 33.9 Å². The summed E-state index contributed by atoms with van der Waals surface area (Å²) in [6.07, 6.45) is 0. The zero-order valence-electron chi connectivity index (χ0n) is 12.6. The molecule has 1 aliphatic carbocycles. The molecule has 5 nitrogen and oxygen atoms in total. The molecule has 3 rings (SSSR count). The van der Waals surface area contributed by atoms with Crippen LogP contribution in [-0.2, 0) is 9.59 Å². The Morgan fingerprint density at radius 3 is 1.83 bits per heavy atom. The zero-order chi connectivity index (χ0) is 16.7. The lowest BCUT2D eigenvalue weighted by atomic mass is 9.83. The van der Waals surface area contributed by atoms with Crippen LogP contribution in [0.1, 0.15) is 45.7 Å². The van der Waals surface area contributed by atoms with E-state index in [9.17, 15) is 19.2 Å². The molecule has 1 aliphatic rings. The highest BCUT2D eigenvalue weighted by atomic mass is 16.2. The zero-order valence-corrected chi connectivity index (χ0v) is 12.6. The van der Waals surface area contributed by atoms with Crippen molar-refractivity contribution in [2.45, 2.75) is 13.8 Å². The van der Waals surface area contributed by atoms with Gasteiger partial charge in [0, 0.05) is 30.5 Å². The van der Waals surface area contributed by atoms with E-state index >= 15 is 0 Å². The molecular formula is C18H13NO4. The fourth-order valence-corrected chi connectivity index (χ4v) is 2.87. The lowest BCUT2D eigenvalue weighted by Crippen LogP contribution is -2.35. The molecule has 0 saturated carbocycles. The summed E-state index contributed by atoms with van der Waals surface area (Å²) in [6.45, 7) is 2.48. The number of anilines is 1. The van der Waals surface area contributed by atoms with Crippen molar-refractivity contribution >= 4 is 29.1 Å². The lowest BCUT2D eigenvalue weighted by molar-refractivity contribution is -0.124. The molecule has 5 heteroatoms. The van der Waals surface area contributed by atoms with Crippen LogP contribution in [0.2, 0.25) is 0 Å². The molecule has 0 heterocycles. The molecule has 0 aromatic heterocycles. The molecule has 114 valence electrons. The van der Waals surface area contributed by atoms with E-state index in [0.717, 1.165) is 4.90 Å². The highest BCUT2D eigenvalue weighted by Crippen LogP contribution is 2.33. The van der Waals surface area contributed by atoms with E-state index in [0.29, 0.717) is 5.56 Å². The van der Waals surface area contributed by atoms with Crippen molar-refractivity contribution in [1.82, 2.24) is 0 Å². The van der Waals surface area contributed by atoms with Gasteiger partial charge >= 0.3 is 0 Å². The largest absolute Gasteiger partial charge is 0.289 e. The molecule has 23 heavy (non-hydrogen) atoms. The minimum absolute atomic E-state index is 0.0987. The van der Waals surface area contributed by atoms with Gasteiger partial charge in [-0.3, -0.25) is 24.1 Å². The highest BCUT2D eigenvalue weighted by molar-refractivity contribution is 6.31. The number of benzene rings is 2. The summed E-state index contributed by atoms with van der Waals surface area (Å²) in [5.41, 5.74) is 1.07. The molecule has 0 unspecified atom stereocenters. The summed E-state index contributed by atoms with van der Waals surface area (Å²) in [5.74, 6) is -1.67. The molecule has 0 atom stereocenters. The third-order valence-electron chi connectivity index (χ3n) is 3.80. The molecular weight excluding hydrogens is 294 g/mol. The van der Waals surface area contributed by atoms with Crippen LogP contribution in [-0.4, -0.2) is 23.4 Å². The first-order valence-corrected chi connectivity index (χ1v) is 7.06. The van der Waals surface area contributed by atoms with Gasteiger partial charge in [0.05, 0.1) is 11.3 Å². The van der Waals surface area contributed by atoms with Gasteiger partial charge in [0.2, 0.25) is 11.8 Å². The predicted molar refractivity (Wildman–Crippen MR) is 83.6 cm³/mol. The summed E-state index contributed by atoms with van der Waals surface area (Å²) >= 11 is 0. The molecule has 0 aliphatic heterocycles. The third kappa shape index (κ3) is 2.17. The van der Waals surface area contributed by atoms with Crippen LogP contribution in [0.4, 0.5) is 5.69 Å². The van der Waals surface area contributed by atoms with Crippen LogP contribution in [0, 0.1) is 0 Å². The molecule has 2 aromatic carbocycles. The van der Waals surface area contributed by atoms with E-state index in [2.05, 4.69) is 0 Å². The molecule has 0 radical (unpaired) electrons. The fraction of sp³-hybridized carbons (Fsp3) is 0.111. The Hall–Kier alpha value is -3.08. The number of carbonyl (C=O) groups excluding carboxylic acids is 4. The third-order valence-corrected chi connectivity index (χ3v) is 3.80. The second kappa shape index (κ2) is 5.28.